The predicted molar refractivity (Wildman–Crippen MR) is 99.2 cm³/mol. The van der Waals surface area contributed by atoms with Crippen LogP contribution in [0.4, 0.5) is 0 Å². The molecule has 0 aromatic heterocycles. The Balaban J connectivity index is 2.05. The van der Waals surface area contributed by atoms with Crippen molar-refractivity contribution < 1.29 is 0 Å². The molecule has 1 aliphatic carbocycles. The summed E-state index contributed by atoms with van der Waals surface area (Å²) in [5, 5.41) is 0.952. The summed E-state index contributed by atoms with van der Waals surface area (Å²) in [5.41, 5.74) is 10.4. The van der Waals surface area contributed by atoms with Gasteiger partial charge in [-0.25, -0.2) is 0 Å². The first-order valence-electron chi connectivity index (χ1n) is 8.30. The predicted octanol–water partition coefficient (Wildman–Crippen LogP) is 6.40. The molecular formula is C21H25Br. The topological polar surface area (TPSA) is 0 Å². The van der Waals surface area contributed by atoms with Gasteiger partial charge in [-0.2, -0.15) is 0 Å². The van der Waals surface area contributed by atoms with E-state index >= 15 is 0 Å². The fraction of sp³-hybridized carbons (Fsp3) is 0.429. The van der Waals surface area contributed by atoms with Gasteiger partial charge in [-0.1, -0.05) is 60.1 Å². The Bertz CT molecular complexity index is 697. The zero-order chi connectivity index (χ0) is 15.9. The molecule has 1 unspecified atom stereocenters. The van der Waals surface area contributed by atoms with Crippen molar-refractivity contribution >= 4 is 15.9 Å². The molecule has 116 valence electrons. The van der Waals surface area contributed by atoms with Gasteiger partial charge in [0.1, 0.15) is 0 Å². The highest BCUT2D eigenvalue weighted by molar-refractivity contribution is 9.08. The summed E-state index contributed by atoms with van der Waals surface area (Å²) in [6.45, 7) is 9.10. The molecule has 22 heavy (non-hydrogen) atoms. The third-order valence-corrected chi connectivity index (χ3v) is 5.71. The Morgan fingerprint density at radius 2 is 1.86 bits per heavy atom. The van der Waals surface area contributed by atoms with E-state index in [1.54, 1.807) is 11.1 Å². The average Bonchev–Trinajstić information content (AvgIpc) is 2.91. The standard InChI is InChI=1S/C21H25Br/c1-13(2)20-11-17(6-5-14(20)3)19-8-7-18-10-16(12-22)9-15(4)21(18)19/h5-6,9-11,13,19H,7-8,12H2,1-4H3. The van der Waals surface area contributed by atoms with Crippen LogP contribution in [-0.2, 0) is 11.8 Å². The average molecular weight is 357 g/mol. The minimum atomic E-state index is 0.581. The second kappa shape index (κ2) is 6.20. The van der Waals surface area contributed by atoms with Crippen molar-refractivity contribution in [2.75, 3.05) is 0 Å². The molecule has 0 aliphatic heterocycles. The van der Waals surface area contributed by atoms with Crippen molar-refractivity contribution in [2.45, 2.75) is 57.7 Å². The molecule has 0 radical (unpaired) electrons. The lowest BCUT2D eigenvalue weighted by atomic mass is 9.86. The number of hydrogen-bond donors (Lipinski definition) is 0. The Labute approximate surface area is 143 Å². The van der Waals surface area contributed by atoms with Gasteiger partial charge in [-0.15, -0.1) is 0 Å². The lowest BCUT2D eigenvalue weighted by molar-refractivity contribution is 0.775. The number of fused-ring (bicyclic) bond motifs is 1. The van der Waals surface area contributed by atoms with Crippen LogP contribution >= 0.6 is 15.9 Å². The molecule has 1 heteroatoms. The monoisotopic (exact) mass is 356 g/mol. The molecule has 0 saturated heterocycles. The fourth-order valence-electron chi connectivity index (χ4n) is 4.01. The van der Waals surface area contributed by atoms with Crippen LogP contribution in [0, 0.1) is 13.8 Å². The van der Waals surface area contributed by atoms with Crippen LogP contribution in [0.2, 0.25) is 0 Å². The molecule has 1 atom stereocenters. The molecule has 0 amide bonds. The zero-order valence-corrected chi connectivity index (χ0v) is 15.6. The summed E-state index contributed by atoms with van der Waals surface area (Å²) in [5.74, 6) is 1.18. The molecule has 2 aromatic carbocycles. The molecule has 1 aliphatic rings. The Morgan fingerprint density at radius 3 is 2.55 bits per heavy atom. The fourth-order valence-corrected chi connectivity index (χ4v) is 4.33. The minimum absolute atomic E-state index is 0.581. The van der Waals surface area contributed by atoms with E-state index < -0.39 is 0 Å². The van der Waals surface area contributed by atoms with Crippen LogP contribution < -0.4 is 0 Å². The van der Waals surface area contributed by atoms with Crippen LogP contribution in [0.3, 0.4) is 0 Å². The maximum Gasteiger partial charge on any atom is 0.0283 e. The second-order valence-electron chi connectivity index (χ2n) is 6.98. The number of hydrogen-bond acceptors (Lipinski definition) is 0. The first-order chi connectivity index (χ1) is 10.5. The van der Waals surface area contributed by atoms with Gasteiger partial charge < -0.3 is 0 Å². The van der Waals surface area contributed by atoms with Gasteiger partial charge >= 0.3 is 0 Å². The second-order valence-corrected chi connectivity index (χ2v) is 7.54. The van der Waals surface area contributed by atoms with Crippen molar-refractivity contribution in [3.05, 3.63) is 69.3 Å². The smallest absolute Gasteiger partial charge is 0.0283 e. The van der Waals surface area contributed by atoms with Crippen molar-refractivity contribution in [2.24, 2.45) is 0 Å². The summed E-state index contributed by atoms with van der Waals surface area (Å²) in [7, 11) is 0. The summed E-state index contributed by atoms with van der Waals surface area (Å²) in [6.07, 6.45) is 2.47. The van der Waals surface area contributed by atoms with E-state index in [9.17, 15) is 0 Å². The third-order valence-electron chi connectivity index (χ3n) is 5.07. The number of halogens is 1. The van der Waals surface area contributed by atoms with Gasteiger partial charge in [-0.05, 0) is 71.6 Å². The van der Waals surface area contributed by atoms with Crippen molar-refractivity contribution in [1.29, 1.82) is 0 Å². The van der Waals surface area contributed by atoms with Crippen molar-refractivity contribution in [3.8, 4) is 0 Å². The molecule has 2 aromatic rings. The quantitative estimate of drug-likeness (QED) is 0.558. The van der Waals surface area contributed by atoms with Gasteiger partial charge in [0.25, 0.3) is 0 Å². The summed E-state index contributed by atoms with van der Waals surface area (Å²) in [4.78, 5) is 0. The Hall–Kier alpha value is -1.08. The van der Waals surface area contributed by atoms with Crippen molar-refractivity contribution in [1.82, 2.24) is 0 Å². The zero-order valence-electron chi connectivity index (χ0n) is 14.0. The largest absolute Gasteiger partial charge is 0.0876 e. The molecule has 0 spiro atoms. The highest BCUT2D eigenvalue weighted by Crippen LogP contribution is 2.41. The number of alkyl halides is 1. The van der Waals surface area contributed by atoms with Gasteiger partial charge in [0.05, 0.1) is 0 Å². The molecule has 0 saturated carbocycles. The molecule has 0 N–H and O–H groups in total. The molecular weight excluding hydrogens is 332 g/mol. The van der Waals surface area contributed by atoms with Crippen LogP contribution in [0.5, 0.6) is 0 Å². The number of rotatable bonds is 3. The van der Waals surface area contributed by atoms with E-state index in [4.69, 9.17) is 0 Å². The normalized spacial score (nSPS) is 17.1. The van der Waals surface area contributed by atoms with E-state index in [0.717, 1.165) is 5.33 Å². The van der Waals surface area contributed by atoms with Gasteiger partial charge in [0.2, 0.25) is 0 Å². The Morgan fingerprint density at radius 1 is 1.09 bits per heavy atom. The lowest BCUT2D eigenvalue weighted by Gasteiger charge is -2.19. The maximum atomic E-state index is 3.59. The minimum Gasteiger partial charge on any atom is -0.0876 e. The summed E-state index contributed by atoms with van der Waals surface area (Å²) < 4.78 is 0. The van der Waals surface area contributed by atoms with Gasteiger partial charge in [0, 0.05) is 11.2 Å². The molecule has 3 rings (SSSR count). The molecule has 0 heterocycles. The maximum absolute atomic E-state index is 3.59. The van der Waals surface area contributed by atoms with Crippen LogP contribution in [0.1, 0.15) is 71.0 Å². The number of benzene rings is 2. The highest BCUT2D eigenvalue weighted by Gasteiger charge is 2.26. The van der Waals surface area contributed by atoms with Gasteiger partial charge in [-0.3, -0.25) is 0 Å². The van der Waals surface area contributed by atoms with Gasteiger partial charge in [0.15, 0.2) is 0 Å². The highest BCUT2D eigenvalue weighted by atomic mass is 79.9. The molecule has 0 fully saturated rings. The van der Waals surface area contributed by atoms with E-state index in [2.05, 4.69) is 74.0 Å². The third kappa shape index (κ3) is 2.76. The van der Waals surface area contributed by atoms with Crippen LogP contribution in [0.15, 0.2) is 30.3 Å². The number of aryl methyl sites for hydroxylation is 3. The van der Waals surface area contributed by atoms with E-state index in [1.807, 2.05) is 0 Å². The lowest BCUT2D eigenvalue weighted by Crippen LogP contribution is -2.02. The van der Waals surface area contributed by atoms with Crippen LogP contribution in [0.25, 0.3) is 0 Å². The SMILES string of the molecule is Cc1ccc(C2CCc3cc(CBr)cc(C)c32)cc1C(C)C. The molecule has 0 nitrogen and oxygen atoms in total. The van der Waals surface area contributed by atoms with Crippen LogP contribution in [-0.4, -0.2) is 0 Å². The van der Waals surface area contributed by atoms with E-state index in [1.165, 1.54) is 40.7 Å². The van der Waals surface area contributed by atoms with Crippen molar-refractivity contribution in [3.63, 3.8) is 0 Å². The Kier molecular flexibility index (Phi) is 4.45. The molecule has 0 bridgehead atoms. The van der Waals surface area contributed by atoms with E-state index in [-0.39, 0.29) is 0 Å². The first kappa shape index (κ1) is 15.8. The first-order valence-corrected chi connectivity index (χ1v) is 9.42. The summed E-state index contributed by atoms with van der Waals surface area (Å²) in [6, 6.07) is 11.9. The van der Waals surface area contributed by atoms with E-state index in [0.29, 0.717) is 11.8 Å². The summed E-state index contributed by atoms with van der Waals surface area (Å²) >= 11 is 3.59.